The van der Waals surface area contributed by atoms with E-state index < -0.39 is 0 Å². The number of fused-ring (bicyclic) bond motifs is 2. The van der Waals surface area contributed by atoms with Gasteiger partial charge >= 0.3 is 11.7 Å². The zero-order valence-corrected chi connectivity index (χ0v) is 19.2. The van der Waals surface area contributed by atoms with Crippen molar-refractivity contribution in [2.75, 3.05) is 6.61 Å². The fourth-order valence-electron chi connectivity index (χ4n) is 4.01. The summed E-state index contributed by atoms with van der Waals surface area (Å²) in [7, 11) is 0. The minimum atomic E-state index is -0.290. The highest BCUT2D eigenvalue weighted by Gasteiger charge is 2.23. The first-order valence-corrected chi connectivity index (χ1v) is 11.3. The summed E-state index contributed by atoms with van der Waals surface area (Å²) < 4.78 is 14.0. The molecule has 0 fully saturated rings. The highest BCUT2D eigenvalue weighted by molar-refractivity contribution is 5.80. The number of ether oxygens (including phenoxy) is 1. The lowest BCUT2D eigenvalue weighted by Crippen LogP contribution is -2.29. The molecule has 2 heterocycles. The van der Waals surface area contributed by atoms with E-state index >= 15 is 0 Å². The molecule has 4 rings (SSSR count). The third kappa shape index (κ3) is 4.61. The molecule has 2 aromatic carbocycles. The molecule has 0 radical (unpaired) electrons. The Morgan fingerprint density at radius 3 is 2.47 bits per heavy atom. The summed E-state index contributed by atoms with van der Waals surface area (Å²) in [5.74, 6) is -0.290. The van der Waals surface area contributed by atoms with Gasteiger partial charge in [-0.1, -0.05) is 56.6 Å². The van der Waals surface area contributed by atoms with Gasteiger partial charge in [0.25, 0.3) is 0 Å². The Hall–Kier alpha value is -3.35. The molecule has 0 aliphatic rings. The fourth-order valence-corrected chi connectivity index (χ4v) is 4.01. The number of imidazole rings is 1. The number of rotatable bonds is 8. The molecule has 7 heteroatoms. The standard InChI is InChI=1S/C23H25N3O4.C2H6/c1-3-9-16(14-22(27)29-4-2)26-20-12-7-6-11-19(20)25(23(26)28)15-18-17-10-5-8-13-21(17)30-24-18;1-2/h5-8,10-13,16H,3-4,9,14-15H2,1-2H3;1-2H3. The predicted octanol–water partition coefficient (Wildman–Crippen LogP) is 5.31. The van der Waals surface area contributed by atoms with Gasteiger partial charge in [-0.25, -0.2) is 4.79 Å². The summed E-state index contributed by atoms with van der Waals surface area (Å²) in [4.78, 5) is 25.7. The predicted molar refractivity (Wildman–Crippen MR) is 126 cm³/mol. The van der Waals surface area contributed by atoms with Crippen molar-refractivity contribution in [3.63, 3.8) is 0 Å². The molecule has 0 aliphatic carbocycles. The number of hydrogen-bond acceptors (Lipinski definition) is 5. The number of benzene rings is 2. The van der Waals surface area contributed by atoms with E-state index in [1.807, 2.05) is 69.3 Å². The van der Waals surface area contributed by atoms with E-state index in [1.54, 1.807) is 16.1 Å². The number of esters is 1. The number of nitrogens with zero attached hydrogens (tertiary/aromatic N) is 3. The first-order valence-electron chi connectivity index (χ1n) is 11.3. The number of carbonyl (C=O) groups excluding carboxylic acids is 1. The molecule has 0 bridgehead atoms. The van der Waals surface area contributed by atoms with Gasteiger partial charge < -0.3 is 9.26 Å². The average molecular weight is 438 g/mol. The van der Waals surface area contributed by atoms with Crippen LogP contribution in [0.2, 0.25) is 0 Å². The molecule has 0 amide bonds. The van der Waals surface area contributed by atoms with Gasteiger partial charge in [-0.15, -0.1) is 0 Å². The van der Waals surface area contributed by atoms with Crippen LogP contribution >= 0.6 is 0 Å². The van der Waals surface area contributed by atoms with Gasteiger partial charge in [0.1, 0.15) is 5.69 Å². The first kappa shape index (κ1) is 23.3. The minimum Gasteiger partial charge on any atom is -0.466 e. The quantitative estimate of drug-likeness (QED) is 0.349. The van der Waals surface area contributed by atoms with Crippen molar-refractivity contribution in [3.8, 4) is 0 Å². The SMILES string of the molecule is CC.CCCC(CC(=O)OCC)n1c(=O)n(Cc2noc3ccccc23)c2ccccc21. The zero-order valence-electron chi connectivity index (χ0n) is 19.2. The molecule has 7 nitrogen and oxygen atoms in total. The van der Waals surface area contributed by atoms with E-state index in [1.165, 1.54) is 0 Å². The van der Waals surface area contributed by atoms with Gasteiger partial charge in [-0.3, -0.25) is 13.9 Å². The third-order valence-electron chi connectivity index (χ3n) is 5.32. The second-order valence-electron chi connectivity index (χ2n) is 7.30. The normalized spacial score (nSPS) is 11.9. The highest BCUT2D eigenvalue weighted by Crippen LogP contribution is 2.25. The number of aromatic nitrogens is 3. The Bertz CT molecular complexity index is 1230. The topological polar surface area (TPSA) is 79.3 Å². The van der Waals surface area contributed by atoms with Crippen LogP contribution in [0.5, 0.6) is 0 Å². The summed E-state index contributed by atoms with van der Waals surface area (Å²) in [6, 6.07) is 15.0. The van der Waals surface area contributed by atoms with Crippen LogP contribution in [0.15, 0.2) is 57.8 Å². The summed E-state index contributed by atoms with van der Waals surface area (Å²) in [6.45, 7) is 8.45. The van der Waals surface area contributed by atoms with Crippen LogP contribution < -0.4 is 5.69 Å². The van der Waals surface area contributed by atoms with Crippen LogP contribution in [-0.4, -0.2) is 26.9 Å². The Morgan fingerprint density at radius 1 is 1.06 bits per heavy atom. The van der Waals surface area contributed by atoms with Crippen LogP contribution in [0.1, 0.15) is 58.7 Å². The minimum absolute atomic E-state index is 0.161. The molecule has 4 aromatic rings. The molecular formula is C25H31N3O4. The zero-order chi connectivity index (χ0) is 23.1. The Kier molecular flexibility index (Phi) is 7.87. The number of para-hydroxylation sites is 3. The molecule has 2 aromatic heterocycles. The molecule has 1 unspecified atom stereocenters. The first-order chi connectivity index (χ1) is 15.6. The van der Waals surface area contributed by atoms with Crippen molar-refractivity contribution in [2.24, 2.45) is 0 Å². The van der Waals surface area contributed by atoms with Gasteiger partial charge in [-0.2, -0.15) is 0 Å². The Labute approximate surface area is 187 Å². The smallest absolute Gasteiger partial charge is 0.329 e. The fraction of sp³-hybridized carbons (Fsp3) is 0.400. The molecule has 170 valence electrons. The summed E-state index contributed by atoms with van der Waals surface area (Å²) in [6.07, 6.45) is 1.73. The van der Waals surface area contributed by atoms with Gasteiger partial charge in [0.05, 0.1) is 30.6 Å². The maximum absolute atomic E-state index is 13.5. The van der Waals surface area contributed by atoms with Crippen molar-refractivity contribution in [2.45, 2.75) is 59.5 Å². The average Bonchev–Trinajstić information content (AvgIpc) is 3.34. The summed E-state index contributed by atoms with van der Waals surface area (Å²) in [5, 5.41) is 5.07. The number of carbonyl (C=O) groups is 1. The molecule has 0 spiro atoms. The van der Waals surface area contributed by atoms with Crippen molar-refractivity contribution in [1.29, 1.82) is 0 Å². The molecular weight excluding hydrogens is 406 g/mol. The summed E-state index contributed by atoms with van der Waals surface area (Å²) in [5.41, 5.74) is 2.84. The molecule has 32 heavy (non-hydrogen) atoms. The molecule has 0 N–H and O–H groups in total. The molecule has 0 saturated carbocycles. The molecule has 0 saturated heterocycles. The second-order valence-corrected chi connectivity index (χ2v) is 7.30. The molecule has 0 aliphatic heterocycles. The van der Waals surface area contributed by atoms with Gasteiger partial charge in [-0.05, 0) is 37.6 Å². The highest BCUT2D eigenvalue weighted by atomic mass is 16.5. The van der Waals surface area contributed by atoms with Crippen LogP contribution in [0.4, 0.5) is 0 Å². The third-order valence-corrected chi connectivity index (χ3v) is 5.32. The van der Waals surface area contributed by atoms with Crippen molar-refractivity contribution < 1.29 is 14.1 Å². The number of hydrogen-bond donors (Lipinski definition) is 0. The largest absolute Gasteiger partial charge is 0.466 e. The molecule has 1 atom stereocenters. The van der Waals surface area contributed by atoms with E-state index in [2.05, 4.69) is 5.16 Å². The van der Waals surface area contributed by atoms with Crippen LogP contribution in [0.3, 0.4) is 0 Å². The van der Waals surface area contributed by atoms with E-state index in [4.69, 9.17) is 9.26 Å². The van der Waals surface area contributed by atoms with Crippen LogP contribution in [0, 0.1) is 0 Å². The summed E-state index contributed by atoms with van der Waals surface area (Å²) >= 11 is 0. The van der Waals surface area contributed by atoms with Crippen molar-refractivity contribution in [1.82, 2.24) is 14.3 Å². The monoisotopic (exact) mass is 437 g/mol. The lowest BCUT2D eigenvalue weighted by Gasteiger charge is -2.17. The second kappa shape index (κ2) is 10.8. The lowest BCUT2D eigenvalue weighted by molar-refractivity contribution is -0.144. The van der Waals surface area contributed by atoms with E-state index in [0.717, 1.165) is 22.8 Å². The van der Waals surface area contributed by atoms with Gasteiger partial charge in [0.2, 0.25) is 0 Å². The van der Waals surface area contributed by atoms with Crippen molar-refractivity contribution in [3.05, 3.63) is 64.7 Å². The van der Waals surface area contributed by atoms with Gasteiger partial charge in [0.15, 0.2) is 5.58 Å². The Morgan fingerprint density at radius 2 is 1.75 bits per heavy atom. The van der Waals surface area contributed by atoms with E-state index in [-0.39, 0.29) is 24.1 Å². The van der Waals surface area contributed by atoms with Gasteiger partial charge in [0, 0.05) is 11.4 Å². The van der Waals surface area contributed by atoms with Crippen LogP contribution in [0.25, 0.3) is 22.0 Å². The lowest BCUT2D eigenvalue weighted by atomic mass is 10.1. The maximum Gasteiger partial charge on any atom is 0.329 e. The van der Waals surface area contributed by atoms with E-state index in [9.17, 15) is 9.59 Å². The van der Waals surface area contributed by atoms with Crippen molar-refractivity contribution >= 4 is 28.0 Å². The maximum atomic E-state index is 13.5. The Balaban J connectivity index is 0.00000141. The van der Waals surface area contributed by atoms with E-state index in [0.29, 0.717) is 30.8 Å². The van der Waals surface area contributed by atoms with Crippen LogP contribution in [-0.2, 0) is 16.1 Å².